The second-order valence-corrected chi connectivity index (χ2v) is 7.11. The van der Waals surface area contributed by atoms with Crippen molar-refractivity contribution in [3.05, 3.63) is 35.0 Å². The molecule has 2 aromatic rings. The Balaban J connectivity index is 2.14. The molecule has 1 aromatic carbocycles. The number of hydrogen-bond acceptors (Lipinski definition) is 2. The minimum Gasteiger partial charge on any atom is -0.459 e. The summed E-state index contributed by atoms with van der Waals surface area (Å²) in [4.78, 5) is 0. The van der Waals surface area contributed by atoms with Gasteiger partial charge in [0.1, 0.15) is 5.76 Å². The molecule has 1 N–H and O–H groups in total. The monoisotopic (exact) mass is 293 g/mol. The van der Waals surface area contributed by atoms with Crippen LogP contribution in [0.3, 0.4) is 0 Å². The van der Waals surface area contributed by atoms with Gasteiger partial charge in [-0.25, -0.2) is 0 Å². The van der Waals surface area contributed by atoms with Crippen LogP contribution < -0.4 is 5.32 Å². The molecule has 110 valence electrons. The molecule has 2 unspecified atom stereocenters. The van der Waals surface area contributed by atoms with Gasteiger partial charge in [0.15, 0.2) is 5.58 Å². The van der Waals surface area contributed by atoms with E-state index >= 15 is 0 Å². The predicted octanol–water partition coefficient (Wildman–Crippen LogP) is 5.21. The number of fused-ring (bicyclic) bond motifs is 1. The van der Waals surface area contributed by atoms with Crippen molar-refractivity contribution in [1.82, 2.24) is 5.32 Å². The zero-order valence-corrected chi connectivity index (χ0v) is 13.7. The molecular formula is C17H24ClNO. The van der Waals surface area contributed by atoms with Crippen LogP contribution in [0, 0.1) is 5.92 Å². The van der Waals surface area contributed by atoms with E-state index < -0.39 is 0 Å². The topological polar surface area (TPSA) is 25.2 Å². The lowest BCUT2D eigenvalue weighted by Gasteiger charge is -2.25. The van der Waals surface area contributed by atoms with Crippen molar-refractivity contribution < 1.29 is 4.42 Å². The van der Waals surface area contributed by atoms with Crippen molar-refractivity contribution >= 4 is 22.6 Å². The molecule has 2 atom stereocenters. The zero-order chi connectivity index (χ0) is 14.9. The summed E-state index contributed by atoms with van der Waals surface area (Å²) in [5, 5.41) is 5.31. The van der Waals surface area contributed by atoms with Gasteiger partial charge in [0.2, 0.25) is 0 Å². The molecule has 0 saturated carbocycles. The Kier molecular flexibility index (Phi) is 4.46. The number of halogens is 1. The number of para-hydroxylation sites is 1. The molecule has 0 amide bonds. The van der Waals surface area contributed by atoms with Crippen LogP contribution in [0.25, 0.3) is 11.0 Å². The molecule has 0 bridgehead atoms. The van der Waals surface area contributed by atoms with Gasteiger partial charge in [-0.3, -0.25) is 0 Å². The van der Waals surface area contributed by atoms with Gasteiger partial charge in [-0.05, 0) is 45.4 Å². The molecule has 0 aliphatic carbocycles. The third-order valence-electron chi connectivity index (χ3n) is 3.77. The molecule has 0 aliphatic heterocycles. The fraction of sp³-hybridized carbons (Fsp3) is 0.529. The number of nitrogens with one attached hydrogen (secondary N) is 1. The Morgan fingerprint density at radius 1 is 1.25 bits per heavy atom. The van der Waals surface area contributed by atoms with Crippen LogP contribution in [0.5, 0.6) is 0 Å². The summed E-state index contributed by atoms with van der Waals surface area (Å²) in [6, 6.07) is 7.98. The van der Waals surface area contributed by atoms with Crippen LogP contribution in [0.2, 0.25) is 5.02 Å². The molecular weight excluding hydrogens is 270 g/mol. The third-order valence-corrected chi connectivity index (χ3v) is 4.07. The maximum atomic E-state index is 6.17. The summed E-state index contributed by atoms with van der Waals surface area (Å²) in [5.74, 6) is 1.86. The van der Waals surface area contributed by atoms with Gasteiger partial charge in [0.05, 0.1) is 5.02 Å². The second-order valence-electron chi connectivity index (χ2n) is 6.70. The highest BCUT2D eigenvalue weighted by Crippen LogP contribution is 2.32. The van der Waals surface area contributed by atoms with Crippen molar-refractivity contribution in [2.75, 3.05) is 6.54 Å². The SMILES string of the molecule is CC(CNC(C)(C)C)C(C)c1cc2cccc(Cl)c2o1. The number of rotatable bonds is 4. The first-order valence-corrected chi connectivity index (χ1v) is 7.59. The molecule has 0 spiro atoms. The summed E-state index contributed by atoms with van der Waals surface area (Å²) in [5.41, 5.74) is 0.942. The summed E-state index contributed by atoms with van der Waals surface area (Å²) in [7, 11) is 0. The first-order chi connectivity index (χ1) is 9.28. The Morgan fingerprint density at radius 2 is 1.95 bits per heavy atom. The fourth-order valence-electron chi connectivity index (χ4n) is 2.20. The van der Waals surface area contributed by atoms with E-state index in [0.29, 0.717) is 16.9 Å². The molecule has 0 aliphatic rings. The van der Waals surface area contributed by atoms with E-state index in [1.54, 1.807) is 0 Å². The van der Waals surface area contributed by atoms with E-state index in [1.165, 1.54) is 0 Å². The van der Waals surface area contributed by atoms with Gasteiger partial charge < -0.3 is 9.73 Å². The van der Waals surface area contributed by atoms with E-state index in [9.17, 15) is 0 Å². The van der Waals surface area contributed by atoms with Crippen LogP contribution in [0.1, 0.15) is 46.3 Å². The second kappa shape index (κ2) is 5.79. The van der Waals surface area contributed by atoms with E-state index in [0.717, 1.165) is 23.3 Å². The van der Waals surface area contributed by atoms with Gasteiger partial charge in [0.25, 0.3) is 0 Å². The number of hydrogen-bond donors (Lipinski definition) is 1. The number of benzene rings is 1. The largest absolute Gasteiger partial charge is 0.459 e. The van der Waals surface area contributed by atoms with Crippen molar-refractivity contribution in [2.45, 2.75) is 46.1 Å². The smallest absolute Gasteiger partial charge is 0.152 e. The minimum atomic E-state index is 0.144. The molecule has 1 heterocycles. The lowest BCUT2D eigenvalue weighted by molar-refractivity contribution is 0.339. The van der Waals surface area contributed by atoms with E-state index in [-0.39, 0.29) is 5.54 Å². The molecule has 0 radical (unpaired) electrons. The molecule has 3 heteroatoms. The zero-order valence-electron chi connectivity index (χ0n) is 13.0. The standard InChI is InChI=1S/C17H24ClNO/c1-11(10-19-17(3,4)5)12(2)15-9-13-7-6-8-14(18)16(13)20-15/h6-9,11-12,19H,10H2,1-5H3. The Hall–Kier alpha value is -0.990. The summed E-state index contributed by atoms with van der Waals surface area (Å²) >= 11 is 6.17. The van der Waals surface area contributed by atoms with E-state index in [2.05, 4.69) is 46.0 Å². The summed E-state index contributed by atoms with van der Waals surface area (Å²) < 4.78 is 5.95. The van der Waals surface area contributed by atoms with Crippen LogP contribution in [-0.4, -0.2) is 12.1 Å². The molecule has 0 fully saturated rings. The molecule has 2 nitrogen and oxygen atoms in total. The van der Waals surface area contributed by atoms with Gasteiger partial charge in [-0.1, -0.05) is 37.6 Å². The van der Waals surface area contributed by atoms with E-state index in [4.69, 9.17) is 16.0 Å². The summed E-state index contributed by atoms with van der Waals surface area (Å²) in [6.07, 6.45) is 0. The quantitative estimate of drug-likeness (QED) is 0.836. The maximum absolute atomic E-state index is 6.17. The molecule has 2 rings (SSSR count). The fourth-order valence-corrected chi connectivity index (χ4v) is 2.42. The normalized spacial score (nSPS) is 15.5. The Bertz CT molecular complexity index is 582. The lowest BCUT2D eigenvalue weighted by atomic mass is 9.92. The van der Waals surface area contributed by atoms with Crippen LogP contribution >= 0.6 is 11.6 Å². The molecule has 1 aromatic heterocycles. The first-order valence-electron chi connectivity index (χ1n) is 7.21. The third kappa shape index (κ3) is 3.56. The van der Waals surface area contributed by atoms with Crippen molar-refractivity contribution in [3.8, 4) is 0 Å². The highest BCUT2D eigenvalue weighted by Gasteiger charge is 2.20. The van der Waals surface area contributed by atoms with Crippen molar-refractivity contribution in [1.29, 1.82) is 0 Å². The van der Waals surface area contributed by atoms with Gasteiger partial charge in [-0.2, -0.15) is 0 Å². The molecule has 20 heavy (non-hydrogen) atoms. The van der Waals surface area contributed by atoms with Gasteiger partial charge in [-0.15, -0.1) is 0 Å². The van der Waals surface area contributed by atoms with Gasteiger partial charge in [0, 0.05) is 16.8 Å². The average Bonchev–Trinajstić information content (AvgIpc) is 2.79. The highest BCUT2D eigenvalue weighted by molar-refractivity contribution is 6.34. The van der Waals surface area contributed by atoms with Crippen LogP contribution in [-0.2, 0) is 0 Å². The van der Waals surface area contributed by atoms with Crippen LogP contribution in [0.4, 0.5) is 0 Å². The van der Waals surface area contributed by atoms with Gasteiger partial charge >= 0.3 is 0 Å². The highest BCUT2D eigenvalue weighted by atomic mass is 35.5. The number of furan rings is 1. The lowest BCUT2D eigenvalue weighted by Crippen LogP contribution is -2.39. The predicted molar refractivity (Wildman–Crippen MR) is 86.6 cm³/mol. The Morgan fingerprint density at radius 3 is 2.55 bits per heavy atom. The van der Waals surface area contributed by atoms with Crippen LogP contribution in [0.15, 0.2) is 28.7 Å². The summed E-state index contributed by atoms with van der Waals surface area (Å²) in [6.45, 7) is 12.0. The molecule has 0 saturated heterocycles. The maximum Gasteiger partial charge on any atom is 0.152 e. The van der Waals surface area contributed by atoms with E-state index in [1.807, 2.05) is 18.2 Å². The Labute approximate surface area is 126 Å². The van der Waals surface area contributed by atoms with Crippen molar-refractivity contribution in [3.63, 3.8) is 0 Å². The van der Waals surface area contributed by atoms with Crippen molar-refractivity contribution in [2.24, 2.45) is 5.92 Å². The first kappa shape index (κ1) is 15.4. The average molecular weight is 294 g/mol. The minimum absolute atomic E-state index is 0.144.